The van der Waals surface area contributed by atoms with Gasteiger partial charge in [-0.2, -0.15) is 4.68 Å². The highest BCUT2D eigenvalue weighted by atomic mass is 32.1. The fourth-order valence-corrected chi connectivity index (χ4v) is 2.59. The van der Waals surface area contributed by atoms with Crippen LogP contribution >= 0.6 is 12.2 Å². The number of esters is 1. The second-order valence-corrected chi connectivity index (χ2v) is 5.63. The number of rotatable bonds is 4. The first-order chi connectivity index (χ1) is 12.4. The molecule has 0 saturated carbocycles. The number of nitro groups is 1. The summed E-state index contributed by atoms with van der Waals surface area (Å²) in [6, 6.07) is 9.99. The number of aromatic nitrogens is 2. The number of carbonyl (C=O) groups excluding carboxylic acids is 1. The van der Waals surface area contributed by atoms with Crippen LogP contribution < -0.4 is 11.0 Å². The molecule has 0 unspecified atom stereocenters. The lowest BCUT2D eigenvalue weighted by Crippen LogP contribution is -2.28. The van der Waals surface area contributed by atoms with Crippen LogP contribution in [-0.2, 0) is 4.74 Å². The van der Waals surface area contributed by atoms with Crippen molar-refractivity contribution >= 4 is 40.5 Å². The van der Waals surface area contributed by atoms with Crippen molar-refractivity contribution < 1.29 is 14.5 Å². The van der Waals surface area contributed by atoms with Gasteiger partial charge in [-0.1, -0.05) is 0 Å². The van der Waals surface area contributed by atoms with Crippen molar-refractivity contribution in [1.82, 2.24) is 9.66 Å². The van der Waals surface area contributed by atoms with Crippen LogP contribution in [0.25, 0.3) is 10.9 Å². The van der Waals surface area contributed by atoms with E-state index in [-0.39, 0.29) is 16.0 Å². The van der Waals surface area contributed by atoms with Gasteiger partial charge >= 0.3 is 5.97 Å². The van der Waals surface area contributed by atoms with E-state index in [4.69, 9.17) is 12.2 Å². The van der Waals surface area contributed by atoms with Crippen molar-refractivity contribution in [1.29, 1.82) is 0 Å². The van der Waals surface area contributed by atoms with E-state index in [0.29, 0.717) is 16.6 Å². The summed E-state index contributed by atoms with van der Waals surface area (Å²) in [6.07, 6.45) is 0. The van der Waals surface area contributed by atoms with Gasteiger partial charge in [0.15, 0.2) is 4.77 Å². The maximum atomic E-state index is 12.7. The van der Waals surface area contributed by atoms with Gasteiger partial charge < -0.3 is 9.72 Å². The molecule has 0 bridgehead atoms. The zero-order chi connectivity index (χ0) is 18.8. The predicted octanol–water partition coefficient (Wildman–Crippen LogP) is 2.63. The van der Waals surface area contributed by atoms with E-state index in [1.807, 2.05) is 0 Å². The maximum absolute atomic E-state index is 12.7. The molecule has 26 heavy (non-hydrogen) atoms. The number of non-ortho nitro benzene ring substituents is 1. The van der Waals surface area contributed by atoms with Crippen molar-refractivity contribution in [2.75, 3.05) is 12.5 Å². The van der Waals surface area contributed by atoms with Crippen LogP contribution in [0.3, 0.4) is 0 Å². The Hall–Kier alpha value is -3.53. The van der Waals surface area contributed by atoms with Crippen molar-refractivity contribution in [3.05, 3.63) is 73.3 Å². The molecular formula is C16H12N4O5S. The molecule has 0 amide bonds. The van der Waals surface area contributed by atoms with E-state index in [1.54, 1.807) is 0 Å². The number of ether oxygens (including phenoxy) is 1. The number of fused-ring (bicyclic) bond motifs is 1. The number of methoxy groups -OCH3 is 1. The number of nitrogens with one attached hydrogen (secondary N) is 2. The third-order valence-corrected chi connectivity index (χ3v) is 3.92. The topological polar surface area (TPSA) is 119 Å². The molecule has 9 nitrogen and oxygen atoms in total. The average molecular weight is 372 g/mol. The molecule has 132 valence electrons. The van der Waals surface area contributed by atoms with E-state index >= 15 is 0 Å². The molecule has 0 spiro atoms. The first-order valence-corrected chi connectivity index (χ1v) is 7.70. The minimum Gasteiger partial charge on any atom is -0.465 e. The number of nitrogens with zero attached hydrogens (tertiary/aromatic N) is 2. The summed E-state index contributed by atoms with van der Waals surface area (Å²) in [5.74, 6) is -0.528. The van der Waals surface area contributed by atoms with Crippen LogP contribution in [0.5, 0.6) is 0 Å². The second-order valence-electron chi connectivity index (χ2n) is 5.24. The normalized spacial score (nSPS) is 10.5. The van der Waals surface area contributed by atoms with Gasteiger partial charge in [-0.05, 0) is 42.5 Å². The van der Waals surface area contributed by atoms with Crippen molar-refractivity contribution in [3.63, 3.8) is 0 Å². The van der Waals surface area contributed by atoms with Crippen LogP contribution in [-0.4, -0.2) is 27.7 Å². The number of carbonyl (C=O) groups is 1. The van der Waals surface area contributed by atoms with Gasteiger partial charge in [-0.15, -0.1) is 0 Å². The minimum atomic E-state index is -0.528. The molecule has 0 saturated heterocycles. The highest BCUT2D eigenvalue weighted by Gasteiger charge is 2.11. The molecule has 3 aromatic rings. The Bertz CT molecular complexity index is 1130. The Balaban J connectivity index is 2.04. The summed E-state index contributed by atoms with van der Waals surface area (Å²) in [4.78, 5) is 37.3. The van der Waals surface area contributed by atoms with Crippen LogP contribution in [0.1, 0.15) is 10.4 Å². The van der Waals surface area contributed by atoms with Crippen molar-refractivity contribution in [2.24, 2.45) is 0 Å². The minimum absolute atomic E-state index is 0.0677. The van der Waals surface area contributed by atoms with E-state index < -0.39 is 16.5 Å². The number of hydrogen-bond donors (Lipinski definition) is 2. The van der Waals surface area contributed by atoms with Gasteiger partial charge in [0.1, 0.15) is 0 Å². The monoisotopic (exact) mass is 372 g/mol. The van der Waals surface area contributed by atoms with Crippen LogP contribution in [0.15, 0.2) is 47.3 Å². The molecule has 0 radical (unpaired) electrons. The lowest BCUT2D eigenvalue weighted by molar-refractivity contribution is -0.384. The Morgan fingerprint density at radius 3 is 2.58 bits per heavy atom. The third kappa shape index (κ3) is 3.17. The third-order valence-electron chi connectivity index (χ3n) is 3.64. The molecule has 1 aromatic heterocycles. The van der Waals surface area contributed by atoms with E-state index in [2.05, 4.69) is 15.1 Å². The average Bonchev–Trinajstić information content (AvgIpc) is 2.64. The van der Waals surface area contributed by atoms with Gasteiger partial charge in [0.25, 0.3) is 11.2 Å². The molecule has 0 aliphatic carbocycles. The van der Waals surface area contributed by atoms with E-state index in [9.17, 15) is 19.7 Å². The summed E-state index contributed by atoms with van der Waals surface area (Å²) in [5, 5.41) is 11.0. The highest BCUT2D eigenvalue weighted by Crippen LogP contribution is 2.16. The number of nitro benzene ring substituents is 1. The number of anilines is 1. The summed E-state index contributed by atoms with van der Waals surface area (Å²) >= 11 is 5.19. The van der Waals surface area contributed by atoms with Gasteiger partial charge in [-0.3, -0.25) is 20.3 Å². The highest BCUT2D eigenvalue weighted by molar-refractivity contribution is 7.71. The summed E-state index contributed by atoms with van der Waals surface area (Å²) in [5.41, 5.74) is 3.43. The molecule has 0 atom stereocenters. The Morgan fingerprint density at radius 1 is 1.27 bits per heavy atom. The van der Waals surface area contributed by atoms with Crippen LogP contribution in [0.2, 0.25) is 0 Å². The fraction of sp³-hybridized carbons (Fsp3) is 0.0625. The Kier molecular flexibility index (Phi) is 4.50. The Labute approximate surface area is 151 Å². The van der Waals surface area contributed by atoms with E-state index in [1.165, 1.54) is 49.6 Å². The maximum Gasteiger partial charge on any atom is 0.337 e. The molecule has 3 rings (SSSR count). The van der Waals surface area contributed by atoms with Gasteiger partial charge in [0, 0.05) is 12.1 Å². The molecule has 1 heterocycles. The molecule has 0 aliphatic rings. The van der Waals surface area contributed by atoms with Crippen LogP contribution in [0, 0.1) is 14.9 Å². The predicted molar refractivity (Wildman–Crippen MR) is 96.8 cm³/mol. The van der Waals surface area contributed by atoms with Crippen LogP contribution in [0.4, 0.5) is 11.4 Å². The van der Waals surface area contributed by atoms with Gasteiger partial charge in [-0.25, -0.2) is 4.79 Å². The molecule has 10 heteroatoms. The first kappa shape index (κ1) is 17.3. The number of H-pyrrole nitrogens is 1. The lowest BCUT2D eigenvalue weighted by atomic mass is 10.1. The Morgan fingerprint density at radius 2 is 1.96 bits per heavy atom. The first-order valence-electron chi connectivity index (χ1n) is 7.29. The quantitative estimate of drug-likeness (QED) is 0.313. The summed E-state index contributed by atoms with van der Waals surface area (Å²) in [7, 11) is 1.26. The zero-order valence-electron chi connectivity index (χ0n) is 13.4. The lowest BCUT2D eigenvalue weighted by Gasteiger charge is -2.11. The van der Waals surface area contributed by atoms with E-state index in [0.717, 1.165) is 4.68 Å². The SMILES string of the molecule is COC(=O)c1ccc2c(=O)n(Nc3ccc([N+](=O)[O-])cc3)c(=S)[nH]c2c1. The molecule has 0 fully saturated rings. The number of aromatic amines is 1. The van der Waals surface area contributed by atoms with Crippen molar-refractivity contribution in [3.8, 4) is 0 Å². The largest absolute Gasteiger partial charge is 0.465 e. The molecule has 0 aliphatic heterocycles. The summed E-state index contributed by atoms with van der Waals surface area (Å²) in [6.45, 7) is 0. The zero-order valence-corrected chi connectivity index (χ0v) is 14.2. The number of benzene rings is 2. The number of hydrogen-bond acceptors (Lipinski definition) is 7. The second kappa shape index (κ2) is 6.76. The molecular weight excluding hydrogens is 360 g/mol. The summed E-state index contributed by atoms with van der Waals surface area (Å²) < 4.78 is 5.83. The standard InChI is InChI=1S/C16H12N4O5S/c1-25-15(22)9-2-7-12-13(8-9)17-16(26)19(14(12)21)18-10-3-5-11(6-4-10)20(23)24/h2-8,18H,1H3,(H,17,26). The molecule has 2 aromatic carbocycles. The van der Waals surface area contributed by atoms with Gasteiger partial charge in [0.05, 0.1) is 34.2 Å². The molecule has 2 N–H and O–H groups in total. The smallest absolute Gasteiger partial charge is 0.337 e. The fourth-order valence-electron chi connectivity index (χ4n) is 2.35. The van der Waals surface area contributed by atoms with Crippen molar-refractivity contribution in [2.45, 2.75) is 0 Å². The van der Waals surface area contributed by atoms with Gasteiger partial charge in [0.2, 0.25) is 0 Å².